The number of amides is 1. The lowest BCUT2D eigenvalue weighted by Gasteiger charge is -2.10. The third kappa shape index (κ3) is 5.34. The Morgan fingerprint density at radius 2 is 1.90 bits per heavy atom. The molecule has 1 heterocycles. The number of nitriles is 1. The van der Waals surface area contributed by atoms with Gasteiger partial charge in [-0.25, -0.2) is 4.79 Å². The number of thiophene rings is 1. The first-order valence-electron chi connectivity index (χ1n) is 8.98. The van der Waals surface area contributed by atoms with Crippen molar-refractivity contribution in [2.24, 2.45) is 0 Å². The first-order chi connectivity index (χ1) is 14.6. The number of rotatable bonds is 7. The average molecular weight is 418 g/mol. The highest BCUT2D eigenvalue weighted by molar-refractivity contribution is 7.12. The van der Waals surface area contributed by atoms with Crippen LogP contribution >= 0.6 is 11.3 Å². The van der Waals surface area contributed by atoms with Crippen molar-refractivity contribution in [1.82, 2.24) is 5.32 Å². The number of benzene rings is 2. The van der Waals surface area contributed by atoms with Crippen LogP contribution in [0.5, 0.6) is 11.5 Å². The average Bonchev–Trinajstić information content (AvgIpc) is 3.32. The minimum Gasteiger partial charge on any atom is -0.493 e. The largest absolute Gasteiger partial charge is 0.493 e. The molecule has 0 radical (unpaired) electrons. The summed E-state index contributed by atoms with van der Waals surface area (Å²) in [5.41, 5.74) is 1.45. The summed E-state index contributed by atoms with van der Waals surface area (Å²) in [5, 5.41) is 13.9. The van der Waals surface area contributed by atoms with Gasteiger partial charge >= 0.3 is 5.97 Å². The van der Waals surface area contributed by atoms with Crippen molar-refractivity contribution < 1.29 is 19.1 Å². The summed E-state index contributed by atoms with van der Waals surface area (Å²) in [6.45, 7) is 0.319. The van der Waals surface area contributed by atoms with E-state index in [-0.39, 0.29) is 11.3 Å². The Bertz CT molecular complexity index is 1100. The van der Waals surface area contributed by atoms with E-state index in [4.69, 9.17) is 9.47 Å². The van der Waals surface area contributed by atoms with Crippen LogP contribution in [0.15, 0.2) is 71.6 Å². The van der Waals surface area contributed by atoms with Crippen LogP contribution in [0.2, 0.25) is 0 Å². The van der Waals surface area contributed by atoms with Crippen LogP contribution in [0.1, 0.15) is 20.8 Å². The molecule has 1 amide bonds. The van der Waals surface area contributed by atoms with Gasteiger partial charge in [-0.2, -0.15) is 5.26 Å². The molecule has 0 unspecified atom stereocenters. The van der Waals surface area contributed by atoms with Crippen LogP contribution in [-0.4, -0.2) is 19.0 Å². The van der Waals surface area contributed by atoms with E-state index in [9.17, 15) is 14.9 Å². The number of carbonyl (C=O) groups excluding carboxylic acids is 2. The van der Waals surface area contributed by atoms with Gasteiger partial charge in [0.1, 0.15) is 16.5 Å². The minimum absolute atomic E-state index is 0.0451. The van der Waals surface area contributed by atoms with E-state index in [1.165, 1.54) is 24.5 Å². The Hall–Kier alpha value is -3.89. The molecule has 1 N–H and O–H groups in total. The summed E-state index contributed by atoms with van der Waals surface area (Å²) < 4.78 is 10.7. The SMILES string of the molecule is COc1cc(/C=C(\C#N)C(=O)NCc2ccccc2)ccc1OC(=O)c1cccs1. The zero-order chi connectivity index (χ0) is 21.3. The molecule has 2 aromatic carbocycles. The molecule has 0 atom stereocenters. The van der Waals surface area contributed by atoms with Crippen LogP contribution in [0.4, 0.5) is 0 Å². The van der Waals surface area contributed by atoms with Gasteiger partial charge in [-0.3, -0.25) is 4.79 Å². The van der Waals surface area contributed by atoms with Crippen molar-refractivity contribution in [3.05, 3.63) is 87.6 Å². The molecule has 0 aliphatic heterocycles. The highest BCUT2D eigenvalue weighted by atomic mass is 32.1. The molecular formula is C23H18N2O4S. The number of hydrogen-bond acceptors (Lipinski definition) is 6. The zero-order valence-corrected chi connectivity index (χ0v) is 16.9. The van der Waals surface area contributed by atoms with Crippen molar-refractivity contribution in [2.75, 3.05) is 7.11 Å². The van der Waals surface area contributed by atoms with E-state index < -0.39 is 11.9 Å². The predicted molar refractivity (Wildman–Crippen MR) is 114 cm³/mol. The molecular weight excluding hydrogens is 400 g/mol. The van der Waals surface area contributed by atoms with Crippen LogP contribution in [0, 0.1) is 11.3 Å². The van der Waals surface area contributed by atoms with Gasteiger partial charge in [-0.1, -0.05) is 42.5 Å². The Labute approximate surface area is 178 Å². The number of hydrogen-bond donors (Lipinski definition) is 1. The number of methoxy groups -OCH3 is 1. The topological polar surface area (TPSA) is 88.4 Å². The van der Waals surface area contributed by atoms with Crippen LogP contribution < -0.4 is 14.8 Å². The maximum atomic E-state index is 12.3. The predicted octanol–water partition coefficient (Wildman–Crippen LogP) is 4.20. The minimum atomic E-state index is -0.482. The number of nitrogens with one attached hydrogen (secondary N) is 1. The summed E-state index contributed by atoms with van der Waals surface area (Å²) in [5.74, 6) is -0.395. The van der Waals surface area contributed by atoms with Crippen LogP contribution in [0.25, 0.3) is 6.08 Å². The van der Waals surface area contributed by atoms with E-state index in [0.29, 0.717) is 22.7 Å². The third-order valence-corrected chi connectivity index (χ3v) is 4.93. The lowest BCUT2D eigenvalue weighted by molar-refractivity contribution is -0.117. The molecule has 0 aliphatic rings. The fourth-order valence-electron chi connectivity index (χ4n) is 2.59. The molecule has 0 bridgehead atoms. The summed E-state index contributed by atoms with van der Waals surface area (Å²) in [4.78, 5) is 25.0. The second kappa shape index (κ2) is 10.0. The number of carbonyl (C=O) groups is 2. The Morgan fingerprint density at radius 1 is 1.10 bits per heavy atom. The van der Waals surface area contributed by atoms with Crippen molar-refractivity contribution in [3.8, 4) is 17.6 Å². The third-order valence-electron chi connectivity index (χ3n) is 4.08. The van der Waals surface area contributed by atoms with Crippen molar-refractivity contribution >= 4 is 29.3 Å². The van der Waals surface area contributed by atoms with Gasteiger partial charge in [0.15, 0.2) is 11.5 Å². The molecule has 150 valence electrons. The van der Waals surface area contributed by atoms with Gasteiger partial charge in [0, 0.05) is 6.54 Å². The Morgan fingerprint density at radius 3 is 2.57 bits per heavy atom. The summed E-state index contributed by atoms with van der Waals surface area (Å²) in [7, 11) is 1.45. The van der Waals surface area contributed by atoms with Gasteiger partial charge in [0.25, 0.3) is 5.91 Å². The molecule has 0 saturated heterocycles. The molecule has 7 heteroatoms. The van der Waals surface area contributed by atoms with Gasteiger partial charge in [-0.05, 0) is 40.8 Å². The fraction of sp³-hybridized carbons (Fsp3) is 0.0870. The van der Waals surface area contributed by atoms with Crippen molar-refractivity contribution in [2.45, 2.75) is 6.54 Å². The van der Waals surface area contributed by atoms with Crippen molar-refractivity contribution in [1.29, 1.82) is 5.26 Å². The molecule has 3 aromatic rings. The van der Waals surface area contributed by atoms with E-state index in [0.717, 1.165) is 5.56 Å². The highest BCUT2D eigenvalue weighted by Crippen LogP contribution is 2.30. The smallest absolute Gasteiger partial charge is 0.353 e. The molecule has 0 spiro atoms. The van der Waals surface area contributed by atoms with Gasteiger partial charge < -0.3 is 14.8 Å². The van der Waals surface area contributed by atoms with E-state index in [2.05, 4.69) is 5.32 Å². The number of ether oxygens (including phenoxy) is 2. The zero-order valence-electron chi connectivity index (χ0n) is 16.1. The van der Waals surface area contributed by atoms with Gasteiger partial charge in [0.2, 0.25) is 0 Å². The molecule has 0 aliphatic carbocycles. The van der Waals surface area contributed by atoms with Gasteiger partial charge in [0.05, 0.1) is 7.11 Å². The first-order valence-corrected chi connectivity index (χ1v) is 9.86. The second-order valence-electron chi connectivity index (χ2n) is 6.12. The molecule has 1 aromatic heterocycles. The second-order valence-corrected chi connectivity index (χ2v) is 7.06. The van der Waals surface area contributed by atoms with Crippen LogP contribution in [0.3, 0.4) is 0 Å². The normalized spacial score (nSPS) is 10.7. The maximum Gasteiger partial charge on any atom is 0.353 e. The quantitative estimate of drug-likeness (QED) is 0.269. The summed E-state index contributed by atoms with van der Waals surface area (Å²) >= 11 is 1.28. The molecule has 0 saturated carbocycles. The fourth-order valence-corrected chi connectivity index (χ4v) is 3.19. The highest BCUT2D eigenvalue weighted by Gasteiger charge is 2.14. The molecule has 6 nitrogen and oxygen atoms in total. The van der Waals surface area contributed by atoms with E-state index >= 15 is 0 Å². The Balaban J connectivity index is 1.73. The monoisotopic (exact) mass is 418 g/mol. The lowest BCUT2D eigenvalue weighted by Crippen LogP contribution is -2.23. The number of esters is 1. The summed E-state index contributed by atoms with van der Waals surface area (Å²) in [6.07, 6.45) is 1.45. The Kier molecular flexibility index (Phi) is 6.98. The molecule has 0 fully saturated rings. The summed E-state index contributed by atoms with van der Waals surface area (Å²) in [6, 6.07) is 19.6. The van der Waals surface area contributed by atoms with Gasteiger partial charge in [-0.15, -0.1) is 11.3 Å². The molecule has 3 rings (SSSR count). The number of nitrogens with zero attached hydrogens (tertiary/aromatic N) is 1. The van der Waals surface area contributed by atoms with Crippen LogP contribution in [-0.2, 0) is 11.3 Å². The first kappa shape index (κ1) is 20.8. The van der Waals surface area contributed by atoms with Crippen molar-refractivity contribution in [3.63, 3.8) is 0 Å². The standard InChI is InChI=1S/C23H18N2O4S/c1-28-20-13-17(9-10-19(20)29-23(27)21-8-5-11-30-21)12-18(14-24)22(26)25-15-16-6-3-2-4-7-16/h2-13H,15H2,1H3,(H,25,26)/b18-12+. The lowest BCUT2D eigenvalue weighted by atomic mass is 10.1. The maximum absolute atomic E-state index is 12.3. The molecule has 30 heavy (non-hydrogen) atoms. The van der Waals surface area contributed by atoms with E-state index in [1.54, 1.807) is 35.7 Å². The van der Waals surface area contributed by atoms with E-state index in [1.807, 2.05) is 36.4 Å².